The van der Waals surface area contributed by atoms with Crippen LogP contribution in [-0.2, 0) is 0 Å². The van der Waals surface area contributed by atoms with Gasteiger partial charge in [-0.15, -0.1) is 0 Å². The Morgan fingerprint density at radius 2 is 1.65 bits per heavy atom. The predicted molar refractivity (Wildman–Crippen MR) is 135 cm³/mol. The first-order valence-corrected chi connectivity index (χ1v) is 12.0. The van der Waals surface area contributed by atoms with Crippen molar-refractivity contribution in [3.63, 3.8) is 0 Å². The van der Waals surface area contributed by atoms with Gasteiger partial charge in [0.2, 0.25) is 0 Å². The molecule has 0 saturated carbocycles. The summed E-state index contributed by atoms with van der Waals surface area (Å²) in [6.07, 6.45) is 9.43. The van der Waals surface area contributed by atoms with Gasteiger partial charge in [0.05, 0.1) is 0 Å². The van der Waals surface area contributed by atoms with Gasteiger partial charge in [-0.1, -0.05) is 24.3 Å². The Morgan fingerprint density at radius 3 is 2.29 bits per heavy atom. The lowest BCUT2D eigenvalue weighted by Crippen LogP contribution is -2.30. The van der Waals surface area contributed by atoms with Crippen LogP contribution < -0.4 is 5.32 Å². The van der Waals surface area contributed by atoms with Crippen molar-refractivity contribution in [3.05, 3.63) is 84.0 Å². The summed E-state index contributed by atoms with van der Waals surface area (Å²) >= 11 is 0. The normalized spacial score (nSPS) is 14.7. The maximum atomic E-state index is 12.8. The van der Waals surface area contributed by atoms with Crippen molar-refractivity contribution in [1.82, 2.24) is 20.2 Å². The summed E-state index contributed by atoms with van der Waals surface area (Å²) in [4.78, 5) is 22.9. The zero-order chi connectivity index (χ0) is 23.9. The minimum atomic E-state index is 0.0364. The van der Waals surface area contributed by atoms with Gasteiger partial charge in [0.15, 0.2) is 0 Å². The molecule has 4 rings (SSSR count). The third kappa shape index (κ3) is 5.34. The number of piperidine rings is 1. The number of phenolic OH excluding ortho intramolecular Hbond substituents is 1. The molecule has 1 aliphatic heterocycles. The molecule has 0 spiro atoms. The number of aromatic nitrogens is 2. The summed E-state index contributed by atoms with van der Waals surface area (Å²) in [6, 6.07) is 13.4. The molecule has 6 heteroatoms. The molecule has 2 heterocycles. The fourth-order valence-electron chi connectivity index (χ4n) is 4.45. The van der Waals surface area contributed by atoms with Gasteiger partial charge in [0, 0.05) is 42.2 Å². The van der Waals surface area contributed by atoms with Gasteiger partial charge < -0.3 is 15.3 Å². The first-order valence-electron chi connectivity index (χ1n) is 12.0. The maximum Gasteiger partial charge on any atom is 0.253 e. The fraction of sp³-hybridized carbons (Fsp3) is 0.321. The lowest BCUT2D eigenvalue weighted by molar-refractivity contribution is 0.0773. The summed E-state index contributed by atoms with van der Waals surface area (Å²) in [5.74, 6) is 0.676. The van der Waals surface area contributed by atoms with Gasteiger partial charge in [0.25, 0.3) is 5.91 Å². The van der Waals surface area contributed by atoms with Crippen LogP contribution in [0.15, 0.2) is 67.3 Å². The third-order valence-corrected chi connectivity index (χ3v) is 6.46. The number of carbonyl (C=O) groups excluding carboxylic acids is 1. The van der Waals surface area contributed by atoms with Gasteiger partial charge in [-0.2, -0.15) is 0 Å². The van der Waals surface area contributed by atoms with Crippen molar-refractivity contribution in [2.45, 2.75) is 26.7 Å². The van der Waals surface area contributed by atoms with Crippen LogP contribution in [0, 0.1) is 5.92 Å². The largest absolute Gasteiger partial charge is 0.507 e. The van der Waals surface area contributed by atoms with Crippen molar-refractivity contribution in [1.29, 1.82) is 0 Å². The third-order valence-electron chi connectivity index (χ3n) is 6.46. The number of carbonyl (C=O) groups is 1. The Kier molecular flexibility index (Phi) is 7.70. The summed E-state index contributed by atoms with van der Waals surface area (Å²) in [6.45, 7) is 7.31. The van der Waals surface area contributed by atoms with Crippen LogP contribution in [0.1, 0.15) is 48.2 Å². The summed E-state index contributed by atoms with van der Waals surface area (Å²) in [7, 11) is 0. The van der Waals surface area contributed by atoms with Crippen LogP contribution in [-0.4, -0.2) is 52.1 Å². The minimum Gasteiger partial charge on any atom is -0.507 e. The lowest BCUT2D eigenvalue weighted by Gasteiger charge is -2.22. The van der Waals surface area contributed by atoms with E-state index in [9.17, 15) is 9.90 Å². The minimum absolute atomic E-state index is 0.0364. The van der Waals surface area contributed by atoms with E-state index in [0.29, 0.717) is 24.6 Å². The standard InChI is InChI=1S/C28H32N4O2/c1-3-32(4-2)28(34)22-7-5-21(6-8-22)25(15-20-11-13-29-14-12-20)26-16-23(9-10-27(26)33)24-17-30-19-31-18-24/h5-10,15-20,29,33H,3-4,11-14H2,1-2H3/b25-15-. The number of hydrogen-bond donors (Lipinski definition) is 2. The van der Waals surface area contributed by atoms with E-state index in [-0.39, 0.29) is 11.7 Å². The van der Waals surface area contributed by atoms with Gasteiger partial charge in [-0.25, -0.2) is 9.97 Å². The van der Waals surface area contributed by atoms with Crippen molar-refractivity contribution in [2.75, 3.05) is 26.2 Å². The molecule has 2 N–H and O–H groups in total. The van der Waals surface area contributed by atoms with Crippen LogP contribution in [0.3, 0.4) is 0 Å². The van der Waals surface area contributed by atoms with E-state index >= 15 is 0 Å². The fourth-order valence-corrected chi connectivity index (χ4v) is 4.45. The second-order valence-corrected chi connectivity index (χ2v) is 8.58. The first-order chi connectivity index (χ1) is 16.6. The highest BCUT2D eigenvalue weighted by Crippen LogP contribution is 2.36. The Bertz CT molecular complexity index is 1130. The highest BCUT2D eigenvalue weighted by atomic mass is 16.3. The number of nitrogens with one attached hydrogen (secondary N) is 1. The van der Waals surface area contributed by atoms with E-state index < -0.39 is 0 Å². The van der Waals surface area contributed by atoms with Crippen LogP contribution >= 0.6 is 0 Å². The highest BCUT2D eigenvalue weighted by Gasteiger charge is 2.18. The number of aromatic hydroxyl groups is 1. The Hall–Kier alpha value is -3.51. The molecule has 1 aromatic heterocycles. The molecule has 0 bridgehead atoms. The number of nitrogens with zero attached hydrogens (tertiary/aromatic N) is 3. The van der Waals surface area contributed by atoms with Crippen LogP contribution in [0.4, 0.5) is 0 Å². The van der Waals surface area contributed by atoms with Crippen molar-refractivity contribution in [3.8, 4) is 16.9 Å². The zero-order valence-corrected chi connectivity index (χ0v) is 19.9. The zero-order valence-electron chi connectivity index (χ0n) is 19.9. The number of phenols is 1. The van der Waals surface area contributed by atoms with Gasteiger partial charge >= 0.3 is 0 Å². The molecule has 3 aromatic rings. The molecule has 34 heavy (non-hydrogen) atoms. The topological polar surface area (TPSA) is 78.4 Å². The predicted octanol–water partition coefficient (Wildman–Crippen LogP) is 4.76. The van der Waals surface area contributed by atoms with E-state index in [2.05, 4.69) is 21.4 Å². The Morgan fingerprint density at radius 1 is 1.00 bits per heavy atom. The molecule has 2 aromatic carbocycles. The summed E-state index contributed by atoms with van der Waals surface area (Å²) in [5, 5.41) is 14.3. The summed E-state index contributed by atoms with van der Waals surface area (Å²) in [5.41, 5.74) is 5.23. The molecule has 1 fully saturated rings. The SMILES string of the molecule is CCN(CC)C(=O)c1ccc(/C(=C/C2CCNCC2)c2cc(-c3cncnc3)ccc2O)cc1. The number of benzene rings is 2. The second kappa shape index (κ2) is 11.1. The van der Waals surface area contributed by atoms with E-state index in [0.717, 1.165) is 53.8 Å². The van der Waals surface area contributed by atoms with Crippen molar-refractivity contribution in [2.24, 2.45) is 5.92 Å². The summed E-state index contributed by atoms with van der Waals surface area (Å²) < 4.78 is 0. The smallest absolute Gasteiger partial charge is 0.253 e. The molecular formula is C28H32N4O2. The molecular weight excluding hydrogens is 424 g/mol. The molecule has 0 aliphatic carbocycles. The van der Waals surface area contributed by atoms with Crippen LogP contribution in [0.2, 0.25) is 0 Å². The highest BCUT2D eigenvalue weighted by molar-refractivity contribution is 5.95. The van der Waals surface area contributed by atoms with Crippen LogP contribution in [0.5, 0.6) is 5.75 Å². The van der Waals surface area contributed by atoms with Gasteiger partial charge in [-0.05, 0) is 86.7 Å². The quantitative estimate of drug-likeness (QED) is 0.536. The van der Waals surface area contributed by atoms with Crippen LogP contribution in [0.25, 0.3) is 16.7 Å². The second-order valence-electron chi connectivity index (χ2n) is 8.58. The van der Waals surface area contributed by atoms with E-state index in [1.165, 1.54) is 6.33 Å². The molecule has 0 atom stereocenters. The number of rotatable bonds is 7. The monoisotopic (exact) mass is 456 g/mol. The lowest BCUT2D eigenvalue weighted by atomic mass is 9.88. The maximum absolute atomic E-state index is 12.8. The average molecular weight is 457 g/mol. The average Bonchev–Trinajstić information content (AvgIpc) is 2.90. The molecule has 6 nitrogen and oxygen atoms in total. The van der Waals surface area contributed by atoms with Crippen molar-refractivity contribution < 1.29 is 9.90 Å². The number of amides is 1. The van der Waals surface area contributed by atoms with Gasteiger partial charge in [-0.3, -0.25) is 4.79 Å². The molecule has 1 aliphatic rings. The Balaban J connectivity index is 1.75. The van der Waals surface area contributed by atoms with Gasteiger partial charge in [0.1, 0.15) is 12.1 Å². The number of allylic oxidation sites excluding steroid dienone is 1. The first kappa shape index (κ1) is 23.6. The molecule has 1 amide bonds. The van der Waals surface area contributed by atoms with Crippen molar-refractivity contribution >= 4 is 11.5 Å². The van der Waals surface area contributed by atoms with E-state index in [1.54, 1.807) is 18.5 Å². The van der Waals surface area contributed by atoms with E-state index in [1.807, 2.05) is 55.1 Å². The number of hydrogen-bond acceptors (Lipinski definition) is 5. The van der Waals surface area contributed by atoms with E-state index in [4.69, 9.17) is 0 Å². The molecule has 0 radical (unpaired) electrons. The molecule has 1 saturated heterocycles. The Labute approximate surface area is 201 Å². The molecule has 176 valence electrons. The molecule has 0 unspecified atom stereocenters.